The minimum Gasteiger partial charge on any atom is -0.296 e. The molecule has 0 N–H and O–H groups in total. The summed E-state index contributed by atoms with van der Waals surface area (Å²) in [4.78, 5) is 10.6. The first kappa shape index (κ1) is 10.5. The van der Waals surface area contributed by atoms with Crippen LogP contribution in [-0.2, 0) is 6.42 Å². The van der Waals surface area contributed by atoms with E-state index in [2.05, 4.69) is 5.10 Å². The van der Waals surface area contributed by atoms with E-state index in [-0.39, 0.29) is 5.82 Å². The fourth-order valence-electron chi connectivity index (χ4n) is 1.58. The van der Waals surface area contributed by atoms with Gasteiger partial charge in [-0.15, -0.1) is 0 Å². The minimum atomic E-state index is -0.317. The van der Waals surface area contributed by atoms with Gasteiger partial charge in [0.2, 0.25) is 0 Å². The zero-order valence-corrected chi connectivity index (χ0v) is 8.85. The summed E-state index contributed by atoms with van der Waals surface area (Å²) in [5, 5.41) is 4.09. The number of hydrogen-bond donors (Lipinski definition) is 0. The Labute approximate surface area is 92.5 Å². The molecule has 82 valence electrons. The van der Waals surface area contributed by atoms with Crippen molar-refractivity contribution >= 4 is 6.29 Å². The average molecular weight is 218 g/mol. The Bertz CT molecular complexity index is 519. The Morgan fingerprint density at radius 2 is 2.25 bits per heavy atom. The van der Waals surface area contributed by atoms with Crippen molar-refractivity contribution in [2.75, 3.05) is 0 Å². The minimum absolute atomic E-state index is 0.317. The topological polar surface area (TPSA) is 34.9 Å². The number of hydrogen-bond acceptors (Lipinski definition) is 2. The van der Waals surface area contributed by atoms with Crippen LogP contribution in [0.1, 0.15) is 23.1 Å². The van der Waals surface area contributed by atoms with E-state index in [0.29, 0.717) is 17.7 Å². The molecule has 1 heterocycles. The number of halogens is 1. The van der Waals surface area contributed by atoms with Gasteiger partial charge in [-0.1, -0.05) is 13.0 Å². The molecule has 1 aromatic heterocycles. The van der Waals surface area contributed by atoms with E-state index in [9.17, 15) is 9.18 Å². The second kappa shape index (κ2) is 4.26. The van der Waals surface area contributed by atoms with Crippen LogP contribution >= 0.6 is 0 Å². The molecule has 0 saturated heterocycles. The molecule has 3 nitrogen and oxygen atoms in total. The fourth-order valence-corrected chi connectivity index (χ4v) is 1.58. The maximum absolute atomic E-state index is 13.1. The van der Waals surface area contributed by atoms with E-state index >= 15 is 0 Å². The lowest BCUT2D eigenvalue weighted by Crippen LogP contribution is -2.01. The van der Waals surface area contributed by atoms with E-state index in [1.165, 1.54) is 12.1 Å². The molecule has 0 unspecified atom stereocenters. The number of benzene rings is 1. The summed E-state index contributed by atoms with van der Waals surface area (Å²) in [5.74, 6) is -0.317. The van der Waals surface area contributed by atoms with E-state index in [0.717, 1.165) is 12.1 Å². The van der Waals surface area contributed by atoms with Gasteiger partial charge in [-0.05, 0) is 30.7 Å². The van der Waals surface area contributed by atoms with Crippen molar-refractivity contribution in [1.29, 1.82) is 0 Å². The van der Waals surface area contributed by atoms with Crippen molar-refractivity contribution in [3.8, 4) is 5.69 Å². The van der Waals surface area contributed by atoms with Crippen LogP contribution in [0.3, 0.4) is 0 Å². The van der Waals surface area contributed by atoms with Gasteiger partial charge < -0.3 is 0 Å². The predicted molar refractivity (Wildman–Crippen MR) is 58.3 cm³/mol. The van der Waals surface area contributed by atoms with Gasteiger partial charge in [-0.3, -0.25) is 4.79 Å². The van der Waals surface area contributed by atoms with Gasteiger partial charge >= 0.3 is 0 Å². The molecule has 0 aliphatic heterocycles. The van der Waals surface area contributed by atoms with Gasteiger partial charge in [0, 0.05) is 5.69 Å². The van der Waals surface area contributed by atoms with Gasteiger partial charge in [0.15, 0.2) is 6.29 Å². The predicted octanol–water partition coefficient (Wildman–Crippen LogP) is 2.39. The number of aldehydes is 1. The molecule has 1 aromatic carbocycles. The average Bonchev–Trinajstić information content (AvgIpc) is 2.72. The van der Waals surface area contributed by atoms with Gasteiger partial charge in [0.1, 0.15) is 11.5 Å². The van der Waals surface area contributed by atoms with Crippen molar-refractivity contribution in [2.45, 2.75) is 13.3 Å². The number of rotatable bonds is 3. The number of aryl methyl sites for hydroxylation is 1. The molecule has 2 aromatic rings. The van der Waals surface area contributed by atoms with Crippen LogP contribution in [0.4, 0.5) is 4.39 Å². The molecule has 0 atom stereocenters. The molecular weight excluding hydrogens is 207 g/mol. The molecule has 0 fully saturated rings. The molecule has 2 rings (SSSR count). The van der Waals surface area contributed by atoms with Crippen LogP contribution in [0.5, 0.6) is 0 Å². The summed E-state index contributed by atoms with van der Waals surface area (Å²) in [5.41, 5.74) is 1.87. The summed E-state index contributed by atoms with van der Waals surface area (Å²) >= 11 is 0. The largest absolute Gasteiger partial charge is 0.296 e. The number of carbonyl (C=O) groups is 1. The zero-order chi connectivity index (χ0) is 11.5. The van der Waals surface area contributed by atoms with Crippen molar-refractivity contribution in [1.82, 2.24) is 9.78 Å². The first-order valence-electron chi connectivity index (χ1n) is 5.04. The SMILES string of the molecule is CCc1cc(C=O)nn1-c1cccc(F)c1. The van der Waals surface area contributed by atoms with Crippen molar-refractivity contribution in [3.63, 3.8) is 0 Å². The summed E-state index contributed by atoms with van der Waals surface area (Å²) in [6, 6.07) is 7.84. The van der Waals surface area contributed by atoms with Gasteiger partial charge in [-0.25, -0.2) is 9.07 Å². The monoisotopic (exact) mass is 218 g/mol. The van der Waals surface area contributed by atoms with Crippen molar-refractivity contribution in [2.24, 2.45) is 0 Å². The Morgan fingerprint density at radius 1 is 1.44 bits per heavy atom. The fraction of sp³-hybridized carbons (Fsp3) is 0.167. The second-order valence-corrected chi connectivity index (χ2v) is 3.42. The molecule has 16 heavy (non-hydrogen) atoms. The van der Waals surface area contributed by atoms with Gasteiger partial charge in [0.25, 0.3) is 0 Å². The van der Waals surface area contributed by atoms with Crippen LogP contribution < -0.4 is 0 Å². The molecule has 0 bridgehead atoms. The highest BCUT2D eigenvalue weighted by Gasteiger charge is 2.07. The number of carbonyl (C=O) groups excluding carboxylic acids is 1. The standard InChI is InChI=1S/C12H11FN2O/c1-2-11-7-10(8-16)14-15(11)12-5-3-4-9(13)6-12/h3-8H,2H2,1H3. The smallest absolute Gasteiger partial charge is 0.170 e. The van der Waals surface area contributed by atoms with E-state index < -0.39 is 0 Å². The normalized spacial score (nSPS) is 10.4. The van der Waals surface area contributed by atoms with Crippen LogP contribution in [0.2, 0.25) is 0 Å². The van der Waals surface area contributed by atoms with Crippen LogP contribution in [-0.4, -0.2) is 16.1 Å². The Hall–Kier alpha value is -1.97. The lowest BCUT2D eigenvalue weighted by atomic mass is 10.2. The van der Waals surface area contributed by atoms with Crippen LogP contribution in [0.15, 0.2) is 30.3 Å². The number of aromatic nitrogens is 2. The van der Waals surface area contributed by atoms with Gasteiger partial charge in [-0.2, -0.15) is 5.10 Å². The maximum Gasteiger partial charge on any atom is 0.170 e. The van der Waals surface area contributed by atoms with Crippen molar-refractivity contribution in [3.05, 3.63) is 47.5 Å². The van der Waals surface area contributed by atoms with Crippen LogP contribution in [0.25, 0.3) is 5.69 Å². The number of nitrogens with zero attached hydrogens (tertiary/aromatic N) is 2. The summed E-state index contributed by atoms with van der Waals surface area (Å²) in [7, 11) is 0. The Kier molecular flexibility index (Phi) is 2.81. The quantitative estimate of drug-likeness (QED) is 0.741. The summed E-state index contributed by atoms with van der Waals surface area (Å²) in [6.45, 7) is 1.96. The maximum atomic E-state index is 13.1. The molecule has 4 heteroatoms. The van der Waals surface area contributed by atoms with Gasteiger partial charge in [0.05, 0.1) is 5.69 Å². The third-order valence-corrected chi connectivity index (χ3v) is 2.34. The molecule has 0 amide bonds. The molecule has 0 spiro atoms. The zero-order valence-electron chi connectivity index (χ0n) is 8.85. The Balaban J connectivity index is 2.54. The van der Waals surface area contributed by atoms with Crippen molar-refractivity contribution < 1.29 is 9.18 Å². The molecular formula is C12H11FN2O. The van der Waals surface area contributed by atoms with Crippen LogP contribution in [0, 0.1) is 5.82 Å². The first-order chi connectivity index (χ1) is 7.74. The summed E-state index contributed by atoms with van der Waals surface area (Å²) in [6.07, 6.45) is 1.42. The highest BCUT2D eigenvalue weighted by Crippen LogP contribution is 2.13. The second-order valence-electron chi connectivity index (χ2n) is 3.42. The van der Waals surface area contributed by atoms with E-state index in [1.54, 1.807) is 22.9 Å². The highest BCUT2D eigenvalue weighted by molar-refractivity contribution is 5.72. The first-order valence-corrected chi connectivity index (χ1v) is 5.04. The molecule has 0 saturated carbocycles. The lowest BCUT2D eigenvalue weighted by molar-refractivity contribution is 0.111. The van der Waals surface area contributed by atoms with E-state index in [1.807, 2.05) is 6.92 Å². The van der Waals surface area contributed by atoms with E-state index in [4.69, 9.17) is 0 Å². The lowest BCUT2D eigenvalue weighted by Gasteiger charge is -2.05. The molecule has 0 aliphatic carbocycles. The third-order valence-electron chi connectivity index (χ3n) is 2.34. The molecule has 0 aliphatic rings. The highest BCUT2D eigenvalue weighted by atomic mass is 19.1. The third kappa shape index (κ3) is 1.86. The summed E-state index contributed by atoms with van der Waals surface area (Å²) < 4.78 is 14.7. The molecule has 0 radical (unpaired) electrons. The Morgan fingerprint density at radius 3 is 2.88 bits per heavy atom.